The zero-order valence-electron chi connectivity index (χ0n) is 15.5. The van der Waals surface area contributed by atoms with Crippen molar-refractivity contribution in [3.8, 4) is 23.1 Å². The Bertz CT molecular complexity index is 927. The molecule has 2 heterocycles. The van der Waals surface area contributed by atoms with Gasteiger partial charge in [-0.1, -0.05) is 10.3 Å². The maximum absolute atomic E-state index is 12.4. The van der Waals surface area contributed by atoms with Crippen molar-refractivity contribution in [3.63, 3.8) is 0 Å². The molecule has 0 fully saturated rings. The van der Waals surface area contributed by atoms with Crippen molar-refractivity contribution < 1.29 is 31.7 Å². The fraction of sp³-hybridized carbons (Fsp3) is 0.389. The Morgan fingerprint density at radius 3 is 2.18 bits per heavy atom. The Kier molecular flexibility index (Phi) is 5.57. The van der Waals surface area contributed by atoms with Crippen molar-refractivity contribution >= 4 is 0 Å². The maximum atomic E-state index is 12.4. The van der Waals surface area contributed by atoms with E-state index in [4.69, 9.17) is 14.0 Å². The first-order valence-electron chi connectivity index (χ1n) is 8.45. The molecule has 0 spiro atoms. The SMILES string of the molecule is Cc1nc(-c2cc(C)c(OCCCOc3cc(C(F)(F)F)no3)c(C)c2)no1. The molecular formula is C18H18F3N3O4. The predicted octanol–water partition coefficient (Wildman–Crippen LogP) is 4.52. The molecule has 0 aliphatic rings. The third-order valence-electron chi connectivity index (χ3n) is 3.80. The third kappa shape index (κ3) is 4.62. The van der Waals surface area contributed by atoms with Gasteiger partial charge in [0.05, 0.1) is 19.3 Å². The van der Waals surface area contributed by atoms with Gasteiger partial charge in [-0.2, -0.15) is 18.2 Å². The monoisotopic (exact) mass is 397 g/mol. The number of nitrogens with zero attached hydrogens (tertiary/aromatic N) is 3. The van der Waals surface area contributed by atoms with Crippen LogP contribution in [0.3, 0.4) is 0 Å². The van der Waals surface area contributed by atoms with Crippen LogP contribution >= 0.6 is 0 Å². The molecule has 10 heteroatoms. The van der Waals surface area contributed by atoms with E-state index in [1.165, 1.54) is 0 Å². The Hall–Kier alpha value is -3.04. The summed E-state index contributed by atoms with van der Waals surface area (Å²) in [5.74, 6) is 1.44. The second kappa shape index (κ2) is 7.91. The molecule has 28 heavy (non-hydrogen) atoms. The fourth-order valence-electron chi connectivity index (χ4n) is 2.59. The molecule has 0 aliphatic carbocycles. The molecule has 0 N–H and O–H groups in total. The van der Waals surface area contributed by atoms with Crippen molar-refractivity contribution in [1.29, 1.82) is 0 Å². The van der Waals surface area contributed by atoms with Gasteiger partial charge in [0.2, 0.25) is 11.7 Å². The van der Waals surface area contributed by atoms with Crippen LogP contribution in [0.5, 0.6) is 11.7 Å². The van der Waals surface area contributed by atoms with Crippen molar-refractivity contribution in [3.05, 3.63) is 40.9 Å². The number of aromatic nitrogens is 3. The molecule has 0 saturated carbocycles. The Morgan fingerprint density at radius 2 is 1.61 bits per heavy atom. The molecule has 0 atom stereocenters. The van der Waals surface area contributed by atoms with Crippen molar-refractivity contribution in [2.75, 3.05) is 13.2 Å². The maximum Gasteiger partial charge on any atom is 0.436 e. The highest BCUT2D eigenvalue weighted by Gasteiger charge is 2.35. The molecule has 150 valence electrons. The molecule has 1 aromatic carbocycles. The third-order valence-corrected chi connectivity index (χ3v) is 3.80. The molecule has 0 bridgehead atoms. The van der Waals surface area contributed by atoms with Gasteiger partial charge in [0.1, 0.15) is 5.75 Å². The van der Waals surface area contributed by atoms with Gasteiger partial charge >= 0.3 is 12.1 Å². The zero-order valence-corrected chi connectivity index (χ0v) is 15.5. The molecule has 0 amide bonds. The van der Waals surface area contributed by atoms with E-state index >= 15 is 0 Å². The van der Waals surface area contributed by atoms with E-state index in [1.54, 1.807) is 6.92 Å². The number of ether oxygens (including phenoxy) is 2. The second-order valence-corrected chi connectivity index (χ2v) is 6.16. The van der Waals surface area contributed by atoms with Gasteiger partial charge in [0, 0.05) is 18.9 Å². The highest BCUT2D eigenvalue weighted by Crippen LogP contribution is 2.31. The highest BCUT2D eigenvalue weighted by atomic mass is 19.4. The van der Waals surface area contributed by atoms with Crippen molar-refractivity contribution in [2.24, 2.45) is 0 Å². The lowest BCUT2D eigenvalue weighted by molar-refractivity contribution is -0.142. The van der Waals surface area contributed by atoms with Crippen LogP contribution in [0.4, 0.5) is 13.2 Å². The summed E-state index contributed by atoms with van der Waals surface area (Å²) in [6, 6.07) is 4.51. The van der Waals surface area contributed by atoms with E-state index in [1.807, 2.05) is 26.0 Å². The van der Waals surface area contributed by atoms with Crippen LogP contribution in [-0.2, 0) is 6.18 Å². The van der Waals surface area contributed by atoms with E-state index in [0.717, 1.165) is 22.4 Å². The summed E-state index contributed by atoms with van der Waals surface area (Å²) in [5, 5.41) is 6.82. The van der Waals surface area contributed by atoms with Crippen LogP contribution in [0, 0.1) is 20.8 Å². The van der Waals surface area contributed by atoms with E-state index in [-0.39, 0.29) is 12.6 Å². The first-order valence-corrected chi connectivity index (χ1v) is 8.45. The van der Waals surface area contributed by atoms with Crippen LogP contribution in [0.2, 0.25) is 0 Å². The lowest BCUT2D eigenvalue weighted by Crippen LogP contribution is -2.06. The summed E-state index contributed by atoms with van der Waals surface area (Å²) in [7, 11) is 0. The molecule has 3 rings (SSSR count). The Labute approximate surface area is 158 Å². The first-order chi connectivity index (χ1) is 13.2. The normalized spacial score (nSPS) is 11.6. The van der Waals surface area contributed by atoms with Crippen LogP contribution in [0.25, 0.3) is 11.4 Å². The van der Waals surface area contributed by atoms with E-state index in [0.29, 0.717) is 30.8 Å². The molecular weight excluding hydrogens is 379 g/mol. The van der Waals surface area contributed by atoms with Gasteiger partial charge in [-0.15, -0.1) is 0 Å². The van der Waals surface area contributed by atoms with Gasteiger partial charge in [0.15, 0.2) is 5.69 Å². The van der Waals surface area contributed by atoms with Crippen molar-refractivity contribution in [1.82, 2.24) is 15.3 Å². The minimum Gasteiger partial charge on any atom is -0.493 e. The van der Waals surface area contributed by atoms with Crippen LogP contribution in [-0.4, -0.2) is 28.5 Å². The summed E-state index contributed by atoms with van der Waals surface area (Å²) in [5.41, 5.74) is 1.52. The molecule has 3 aromatic rings. The number of halogens is 3. The molecule has 0 aliphatic heterocycles. The number of alkyl halides is 3. The average molecular weight is 397 g/mol. The van der Waals surface area contributed by atoms with Crippen molar-refractivity contribution in [2.45, 2.75) is 33.4 Å². The molecule has 0 radical (unpaired) electrons. The van der Waals surface area contributed by atoms with Gasteiger partial charge < -0.3 is 18.5 Å². The number of hydrogen-bond acceptors (Lipinski definition) is 7. The Balaban J connectivity index is 1.51. The predicted molar refractivity (Wildman–Crippen MR) is 91.1 cm³/mol. The summed E-state index contributed by atoms with van der Waals surface area (Å²) >= 11 is 0. The Morgan fingerprint density at radius 1 is 0.929 bits per heavy atom. The number of rotatable bonds is 7. The molecule has 0 saturated heterocycles. The van der Waals surface area contributed by atoms with Gasteiger partial charge in [0.25, 0.3) is 0 Å². The average Bonchev–Trinajstić information content (AvgIpc) is 3.25. The molecule has 0 unspecified atom stereocenters. The number of hydrogen-bond donors (Lipinski definition) is 0. The van der Waals surface area contributed by atoms with Gasteiger partial charge in [-0.25, -0.2) is 0 Å². The topological polar surface area (TPSA) is 83.4 Å². The van der Waals surface area contributed by atoms with E-state index < -0.39 is 11.9 Å². The summed E-state index contributed by atoms with van der Waals surface area (Å²) < 4.78 is 57.7. The standard InChI is InChI=1S/C18H18F3N3O4/c1-10-7-13(17-22-12(3)27-24-17)8-11(2)16(10)26-6-4-5-25-15-9-14(23-28-15)18(19,20)21/h7-9H,4-6H2,1-3H3. The van der Waals surface area contributed by atoms with Crippen LogP contribution in [0.1, 0.15) is 29.1 Å². The van der Waals surface area contributed by atoms with Crippen LogP contribution in [0.15, 0.2) is 27.2 Å². The van der Waals surface area contributed by atoms with E-state index in [9.17, 15) is 13.2 Å². The smallest absolute Gasteiger partial charge is 0.436 e. The molecule has 7 nitrogen and oxygen atoms in total. The lowest BCUT2D eigenvalue weighted by Gasteiger charge is -2.13. The van der Waals surface area contributed by atoms with Gasteiger partial charge in [-0.3, -0.25) is 0 Å². The van der Waals surface area contributed by atoms with Gasteiger partial charge in [-0.05, 0) is 37.1 Å². The lowest BCUT2D eigenvalue weighted by atomic mass is 10.1. The molecule has 2 aromatic heterocycles. The largest absolute Gasteiger partial charge is 0.493 e. The summed E-state index contributed by atoms with van der Waals surface area (Å²) in [6.07, 6.45) is -4.11. The summed E-state index contributed by atoms with van der Waals surface area (Å²) in [4.78, 5) is 4.21. The first kappa shape index (κ1) is 19.7. The van der Waals surface area contributed by atoms with E-state index in [2.05, 4.69) is 19.8 Å². The zero-order chi connectivity index (χ0) is 20.3. The minimum absolute atomic E-state index is 0.130. The summed E-state index contributed by atoms with van der Waals surface area (Å²) in [6.45, 7) is 5.98. The quantitative estimate of drug-likeness (QED) is 0.542. The highest BCUT2D eigenvalue weighted by molar-refractivity contribution is 5.60. The number of benzene rings is 1. The second-order valence-electron chi connectivity index (χ2n) is 6.16. The van der Waals surface area contributed by atoms with Crippen LogP contribution < -0.4 is 9.47 Å². The number of aryl methyl sites for hydroxylation is 3. The minimum atomic E-state index is -4.56. The fourth-order valence-corrected chi connectivity index (χ4v) is 2.59.